The Morgan fingerprint density at radius 3 is 2.50 bits per heavy atom. The van der Waals surface area contributed by atoms with Gasteiger partial charge in [-0.1, -0.05) is 0 Å². The second-order valence-corrected chi connectivity index (χ2v) is 5.46. The van der Waals surface area contributed by atoms with E-state index in [9.17, 15) is 8.78 Å². The van der Waals surface area contributed by atoms with Crippen molar-refractivity contribution >= 4 is 43.4 Å². The lowest BCUT2D eigenvalue weighted by molar-refractivity contribution is 0.620. The smallest absolute Gasteiger partial charge is 0.166 e. The van der Waals surface area contributed by atoms with E-state index < -0.39 is 5.82 Å². The Bertz CT molecular complexity index is 603. The first kappa shape index (κ1) is 13.4. The highest BCUT2D eigenvalue weighted by molar-refractivity contribution is 9.10. The maximum Gasteiger partial charge on any atom is 0.166 e. The molecule has 0 radical (unpaired) electrons. The molecule has 0 bridgehead atoms. The zero-order valence-corrected chi connectivity index (χ0v) is 12.4. The van der Waals surface area contributed by atoms with Gasteiger partial charge in [0.25, 0.3) is 0 Å². The Labute approximate surface area is 120 Å². The highest BCUT2D eigenvalue weighted by Crippen LogP contribution is 2.27. The van der Waals surface area contributed by atoms with Gasteiger partial charge in [-0.3, -0.25) is 0 Å². The molecule has 1 aromatic carbocycles. The van der Waals surface area contributed by atoms with E-state index in [1.165, 1.54) is 18.3 Å². The van der Waals surface area contributed by atoms with Crippen molar-refractivity contribution in [2.24, 2.45) is 0 Å². The molecule has 2 aromatic rings. The summed E-state index contributed by atoms with van der Waals surface area (Å²) in [5, 5.41) is 2.83. The van der Waals surface area contributed by atoms with Gasteiger partial charge in [-0.15, -0.1) is 0 Å². The number of hydrogen-bond donors (Lipinski definition) is 1. The number of halogens is 4. The zero-order chi connectivity index (χ0) is 13.3. The van der Waals surface area contributed by atoms with Crippen LogP contribution in [0.2, 0.25) is 0 Å². The van der Waals surface area contributed by atoms with Crippen LogP contribution in [0.1, 0.15) is 5.56 Å². The minimum absolute atomic E-state index is 0.0970. The minimum atomic E-state index is -0.482. The molecule has 0 saturated carbocycles. The number of nitrogens with zero attached hydrogens (tertiary/aromatic N) is 1. The molecule has 0 aliphatic carbocycles. The van der Waals surface area contributed by atoms with Crippen LogP contribution in [0.15, 0.2) is 33.3 Å². The minimum Gasteiger partial charge on any atom is -0.338 e. The fraction of sp³-hybridized carbons (Fsp3) is 0.0833. The first-order chi connectivity index (χ1) is 8.47. The van der Waals surface area contributed by atoms with Gasteiger partial charge in [0.05, 0.1) is 4.47 Å². The number of pyridine rings is 1. The standard InChI is InChI=1S/C12H8Br2F2N2/c1-6-2-9(15)8(14)4-11(6)18-12-10(16)3-7(13)5-17-12/h2-5H,1H3,(H,17,18). The van der Waals surface area contributed by atoms with Crippen molar-refractivity contribution in [1.82, 2.24) is 4.98 Å². The third kappa shape index (κ3) is 2.87. The van der Waals surface area contributed by atoms with Crippen molar-refractivity contribution < 1.29 is 8.78 Å². The number of aromatic nitrogens is 1. The molecule has 2 nitrogen and oxygen atoms in total. The largest absolute Gasteiger partial charge is 0.338 e. The average molecular weight is 378 g/mol. The third-order valence-corrected chi connectivity index (χ3v) is 3.37. The summed E-state index contributed by atoms with van der Waals surface area (Å²) in [5.41, 5.74) is 1.26. The molecular formula is C12H8Br2F2N2. The summed E-state index contributed by atoms with van der Waals surface area (Å²) in [7, 11) is 0. The average Bonchev–Trinajstić information content (AvgIpc) is 2.29. The van der Waals surface area contributed by atoms with Crippen molar-refractivity contribution in [1.29, 1.82) is 0 Å². The number of anilines is 2. The van der Waals surface area contributed by atoms with Crippen LogP contribution in [0.25, 0.3) is 0 Å². The Morgan fingerprint density at radius 1 is 1.11 bits per heavy atom. The van der Waals surface area contributed by atoms with Crippen LogP contribution in [-0.2, 0) is 0 Å². The van der Waals surface area contributed by atoms with Crippen molar-refractivity contribution in [3.8, 4) is 0 Å². The van der Waals surface area contributed by atoms with Gasteiger partial charge >= 0.3 is 0 Å². The normalized spacial score (nSPS) is 10.5. The first-order valence-electron chi connectivity index (χ1n) is 5.01. The first-order valence-corrected chi connectivity index (χ1v) is 6.59. The highest BCUT2D eigenvalue weighted by Gasteiger charge is 2.09. The summed E-state index contributed by atoms with van der Waals surface area (Å²) in [6, 6.07) is 4.22. The zero-order valence-electron chi connectivity index (χ0n) is 9.27. The number of rotatable bonds is 2. The molecule has 1 aromatic heterocycles. The molecule has 2 rings (SSSR count). The summed E-state index contributed by atoms with van der Waals surface area (Å²) >= 11 is 6.22. The SMILES string of the molecule is Cc1cc(F)c(Br)cc1Nc1ncc(Br)cc1F. The molecule has 0 aliphatic rings. The lowest BCUT2D eigenvalue weighted by Crippen LogP contribution is -1.99. The second-order valence-electron chi connectivity index (χ2n) is 3.69. The fourth-order valence-electron chi connectivity index (χ4n) is 1.42. The van der Waals surface area contributed by atoms with Gasteiger partial charge < -0.3 is 5.32 Å². The Morgan fingerprint density at radius 2 is 1.83 bits per heavy atom. The van der Waals surface area contributed by atoms with Gasteiger partial charge in [-0.25, -0.2) is 13.8 Å². The van der Waals surface area contributed by atoms with Gasteiger partial charge in [0, 0.05) is 16.4 Å². The van der Waals surface area contributed by atoms with E-state index >= 15 is 0 Å². The van der Waals surface area contributed by atoms with Gasteiger partial charge in [0.15, 0.2) is 11.6 Å². The van der Waals surface area contributed by atoms with E-state index in [1.807, 2.05) is 0 Å². The summed E-state index contributed by atoms with van der Waals surface area (Å²) in [5.74, 6) is -0.744. The summed E-state index contributed by atoms with van der Waals surface area (Å²) in [6.07, 6.45) is 1.49. The highest BCUT2D eigenvalue weighted by atomic mass is 79.9. The van der Waals surface area contributed by atoms with Gasteiger partial charge in [0.2, 0.25) is 0 Å². The van der Waals surface area contributed by atoms with E-state index in [2.05, 4.69) is 42.2 Å². The fourth-order valence-corrected chi connectivity index (χ4v) is 2.06. The van der Waals surface area contributed by atoms with E-state index in [1.54, 1.807) is 13.0 Å². The van der Waals surface area contributed by atoms with E-state index in [4.69, 9.17) is 0 Å². The number of hydrogen-bond acceptors (Lipinski definition) is 2. The Hall–Kier alpha value is -1.01. The van der Waals surface area contributed by atoms with Crippen LogP contribution in [0.4, 0.5) is 20.3 Å². The van der Waals surface area contributed by atoms with Crippen LogP contribution in [0.5, 0.6) is 0 Å². The quantitative estimate of drug-likeness (QED) is 0.801. The predicted molar refractivity (Wildman–Crippen MR) is 74.0 cm³/mol. The van der Waals surface area contributed by atoms with Crippen LogP contribution in [0, 0.1) is 18.6 Å². The number of aryl methyl sites for hydroxylation is 1. The molecule has 0 saturated heterocycles. The second kappa shape index (κ2) is 5.32. The molecule has 0 atom stereocenters. The van der Waals surface area contributed by atoms with E-state index in [-0.39, 0.29) is 11.6 Å². The molecule has 0 fully saturated rings. The van der Waals surface area contributed by atoms with Gasteiger partial charge in [0.1, 0.15) is 5.82 Å². The summed E-state index contributed by atoms with van der Waals surface area (Å²) in [6.45, 7) is 1.73. The summed E-state index contributed by atoms with van der Waals surface area (Å²) in [4.78, 5) is 3.92. The van der Waals surface area contributed by atoms with Crippen LogP contribution >= 0.6 is 31.9 Å². The van der Waals surface area contributed by atoms with Gasteiger partial charge in [-0.2, -0.15) is 0 Å². The van der Waals surface area contributed by atoms with Gasteiger partial charge in [-0.05, 0) is 62.5 Å². The molecule has 6 heteroatoms. The molecule has 94 valence electrons. The molecule has 0 aliphatic heterocycles. The maximum atomic E-state index is 13.6. The number of nitrogens with one attached hydrogen (secondary N) is 1. The van der Waals surface area contributed by atoms with Crippen molar-refractivity contribution in [3.63, 3.8) is 0 Å². The molecule has 18 heavy (non-hydrogen) atoms. The van der Waals surface area contributed by atoms with Crippen molar-refractivity contribution in [3.05, 3.63) is 50.5 Å². The van der Waals surface area contributed by atoms with Crippen LogP contribution < -0.4 is 5.32 Å². The Balaban J connectivity index is 2.37. The Kier molecular flexibility index (Phi) is 3.97. The molecule has 1 heterocycles. The van der Waals surface area contributed by atoms with Crippen molar-refractivity contribution in [2.45, 2.75) is 6.92 Å². The molecular weight excluding hydrogens is 370 g/mol. The van der Waals surface area contributed by atoms with E-state index in [0.717, 1.165) is 0 Å². The predicted octanol–water partition coefficient (Wildman–Crippen LogP) is 4.94. The molecule has 0 unspecified atom stereocenters. The van der Waals surface area contributed by atoms with E-state index in [0.29, 0.717) is 20.2 Å². The lowest BCUT2D eigenvalue weighted by atomic mass is 10.2. The molecule has 1 N–H and O–H groups in total. The number of benzene rings is 1. The maximum absolute atomic E-state index is 13.6. The monoisotopic (exact) mass is 376 g/mol. The third-order valence-electron chi connectivity index (χ3n) is 2.33. The molecule has 0 spiro atoms. The summed E-state index contributed by atoms with van der Waals surface area (Å²) < 4.78 is 27.7. The van der Waals surface area contributed by atoms with Crippen LogP contribution in [0.3, 0.4) is 0 Å². The topological polar surface area (TPSA) is 24.9 Å². The lowest BCUT2D eigenvalue weighted by Gasteiger charge is -2.10. The van der Waals surface area contributed by atoms with Crippen LogP contribution in [-0.4, -0.2) is 4.98 Å². The van der Waals surface area contributed by atoms with Crippen molar-refractivity contribution in [2.75, 3.05) is 5.32 Å². The molecule has 0 amide bonds.